The molecule has 2 aromatic rings. The number of hydrogen-bond donors (Lipinski definition) is 1. The SMILES string of the molecule is CCNC(=O)[C@H](C)N(Cc1cccc(C)c1)C(=O)CN(c1ccc(Cl)c(Cl)c1)S(C)(=O)=O. The molecule has 0 saturated carbocycles. The van der Waals surface area contributed by atoms with E-state index >= 15 is 0 Å². The molecule has 0 radical (unpaired) electrons. The summed E-state index contributed by atoms with van der Waals surface area (Å²) in [6.07, 6.45) is 1.00. The number of sulfonamides is 1. The van der Waals surface area contributed by atoms with Crippen molar-refractivity contribution in [3.05, 3.63) is 63.6 Å². The van der Waals surface area contributed by atoms with Crippen molar-refractivity contribution >= 4 is 50.7 Å². The summed E-state index contributed by atoms with van der Waals surface area (Å²) in [5.41, 5.74) is 2.04. The van der Waals surface area contributed by atoms with Crippen LogP contribution in [0.3, 0.4) is 0 Å². The monoisotopic (exact) mass is 499 g/mol. The number of hydrogen-bond acceptors (Lipinski definition) is 4. The predicted molar refractivity (Wildman–Crippen MR) is 129 cm³/mol. The first-order valence-electron chi connectivity index (χ1n) is 9.99. The van der Waals surface area contributed by atoms with Crippen LogP contribution in [0.25, 0.3) is 0 Å². The van der Waals surface area contributed by atoms with Crippen LogP contribution in [0.2, 0.25) is 10.0 Å². The molecule has 0 bridgehead atoms. The molecular formula is C22H27Cl2N3O4S. The Kier molecular flexibility index (Phi) is 8.95. The van der Waals surface area contributed by atoms with Crippen molar-refractivity contribution in [2.45, 2.75) is 33.4 Å². The summed E-state index contributed by atoms with van der Waals surface area (Å²) >= 11 is 12.0. The van der Waals surface area contributed by atoms with Crippen LogP contribution in [-0.4, -0.2) is 50.5 Å². The van der Waals surface area contributed by atoms with Gasteiger partial charge in [0.25, 0.3) is 0 Å². The first kappa shape index (κ1) is 26.0. The predicted octanol–water partition coefficient (Wildman–Crippen LogP) is 3.62. The second kappa shape index (κ2) is 11.0. The van der Waals surface area contributed by atoms with Gasteiger partial charge in [0.05, 0.1) is 22.0 Å². The van der Waals surface area contributed by atoms with Crippen LogP contribution in [0.4, 0.5) is 5.69 Å². The lowest BCUT2D eigenvalue weighted by atomic mass is 10.1. The van der Waals surface area contributed by atoms with Gasteiger partial charge in [0.1, 0.15) is 12.6 Å². The molecule has 2 amide bonds. The molecule has 7 nitrogen and oxygen atoms in total. The van der Waals surface area contributed by atoms with Crippen LogP contribution in [-0.2, 0) is 26.2 Å². The summed E-state index contributed by atoms with van der Waals surface area (Å²) in [5.74, 6) is -0.851. The fourth-order valence-electron chi connectivity index (χ4n) is 3.17. The summed E-state index contributed by atoms with van der Waals surface area (Å²) in [7, 11) is -3.83. The van der Waals surface area contributed by atoms with Gasteiger partial charge in [-0.25, -0.2) is 8.42 Å². The maximum Gasteiger partial charge on any atom is 0.244 e. The van der Waals surface area contributed by atoms with Crippen LogP contribution in [0.5, 0.6) is 0 Å². The second-order valence-corrected chi connectivity index (χ2v) is 10.2. The zero-order chi connectivity index (χ0) is 24.1. The van der Waals surface area contributed by atoms with E-state index < -0.39 is 28.5 Å². The van der Waals surface area contributed by atoms with E-state index in [0.29, 0.717) is 6.54 Å². The third-order valence-corrected chi connectivity index (χ3v) is 6.70. The molecule has 0 spiro atoms. The summed E-state index contributed by atoms with van der Waals surface area (Å²) < 4.78 is 25.9. The number of nitrogens with one attached hydrogen (secondary N) is 1. The molecule has 1 N–H and O–H groups in total. The Hall–Kier alpha value is -2.29. The highest BCUT2D eigenvalue weighted by Gasteiger charge is 2.30. The van der Waals surface area contributed by atoms with Crippen molar-refractivity contribution in [3.8, 4) is 0 Å². The van der Waals surface area contributed by atoms with Crippen molar-refractivity contribution < 1.29 is 18.0 Å². The van der Waals surface area contributed by atoms with Gasteiger partial charge >= 0.3 is 0 Å². The number of rotatable bonds is 9. The molecule has 32 heavy (non-hydrogen) atoms. The minimum atomic E-state index is -3.83. The fourth-order valence-corrected chi connectivity index (χ4v) is 4.30. The number of halogens is 2. The third-order valence-electron chi connectivity index (χ3n) is 4.82. The standard InChI is InChI=1S/C22H27Cl2N3O4S/c1-5-25-22(29)16(3)26(13-17-8-6-7-15(2)11-17)21(28)14-27(32(4,30)31)18-9-10-19(23)20(24)12-18/h6-12,16H,5,13-14H2,1-4H3,(H,25,29)/t16-/m0/s1. The largest absolute Gasteiger partial charge is 0.355 e. The van der Waals surface area contributed by atoms with Gasteiger partial charge in [-0.2, -0.15) is 0 Å². The first-order chi connectivity index (χ1) is 14.9. The Labute approximate surface area is 199 Å². The van der Waals surface area contributed by atoms with E-state index in [1.807, 2.05) is 31.2 Å². The van der Waals surface area contributed by atoms with E-state index in [-0.39, 0.29) is 28.2 Å². The third kappa shape index (κ3) is 6.85. The van der Waals surface area contributed by atoms with Gasteiger partial charge in [0.2, 0.25) is 21.8 Å². The van der Waals surface area contributed by atoms with E-state index in [4.69, 9.17) is 23.2 Å². The number of benzene rings is 2. The zero-order valence-corrected chi connectivity index (χ0v) is 20.8. The molecule has 0 fully saturated rings. The van der Waals surface area contributed by atoms with E-state index in [9.17, 15) is 18.0 Å². The van der Waals surface area contributed by atoms with Crippen LogP contribution in [0.15, 0.2) is 42.5 Å². The Morgan fingerprint density at radius 3 is 2.34 bits per heavy atom. The topological polar surface area (TPSA) is 86.8 Å². The lowest BCUT2D eigenvalue weighted by Crippen LogP contribution is -2.51. The van der Waals surface area contributed by atoms with Crippen LogP contribution < -0.4 is 9.62 Å². The van der Waals surface area contributed by atoms with Gasteiger partial charge in [0, 0.05) is 13.1 Å². The van der Waals surface area contributed by atoms with Crippen molar-refractivity contribution in [2.24, 2.45) is 0 Å². The van der Waals surface area contributed by atoms with Crippen LogP contribution in [0.1, 0.15) is 25.0 Å². The smallest absolute Gasteiger partial charge is 0.244 e. The lowest BCUT2D eigenvalue weighted by Gasteiger charge is -2.31. The molecule has 0 aliphatic heterocycles. The normalized spacial score (nSPS) is 12.2. The van der Waals surface area contributed by atoms with Crippen molar-refractivity contribution in [1.29, 1.82) is 0 Å². The minimum absolute atomic E-state index is 0.151. The van der Waals surface area contributed by atoms with Crippen molar-refractivity contribution in [3.63, 3.8) is 0 Å². The average Bonchev–Trinajstić information content (AvgIpc) is 2.71. The van der Waals surface area contributed by atoms with Gasteiger partial charge in [-0.3, -0.25) is 13.9 Å². The number of aryl methyl sites for hydroxylation is 1. The Morgan fingerprint density at radius 1 is 1.09 bits per heavy atom. The van der Waals surface area contributed by atoms with Crippen molar-refractivity contribution in [1.82, 2.24) is 10.2 Å². The second-order valence-electron chi connectivity index (χ2n) is 7.45. The van der Waals surface area contributed by atoms with Gasteiger partial charge in [-0.05, 0) is 44.5 Å². The molecule has 0 heterocycles. The highest BCUT2D eigenvalue weighted by atomic mass is 35.5. The summed E-state index contributed by atoms with van der Waals surface area (Å²) in [6.45, 7) is 5.40. The van der Waals surface area contributed by atoms with Gasteiger partial charge < -0.3 is 10.2 Å². The van der Waals surface area contributed by atoms with E-state index in [1.54, 1.807) is 13.8 Å². The Bertz CT molecular complexity index is 1090. The fraction of sp³-hybridized carbons (Fsp3) is 0.364. The van der Waals surface area contributed by atoms with Crippen molar-refractivity contribution in [2.75, 3.05) is 23.7 Å². The molecule has 0 aromatic heterocycles. The number of anilines is 1. The van der Waals surface area contributed by atoms with Gasteiger partial charge in [-0.1, -0.05) is 53.0 Å². The molecular weight excluding hydrogens is 473 g/mol. The maximum absolute atomic E-state index is 13.3. The first-order valence-corrected chi connectivity index (χ1v) is 12.6. The summed E-state index contributed by atoms with van der Waals surface area (Å²) in [4.78, 5) is 27.2. The molecule has 0 saturated heterocycles. The molecule has 1 atom stereocenters. The molecule has 0 aliphatic carbocycles. The highest BCUT2D eigenvalue weighted by molar-refractivity contribution is 7.92. The van der Waals surface area contributed by atoms with Crippen LogP contribution in [0, 0.1) is 6.92 Å². The number of carbonyl (C=O) groups excluding carboxylic acids is 2. The van der Waals surface area contributed by atoms with E-state index in [0.717, 1.165) is 21.7 Å². The number of likely N-dealkylation sites (N-methyl/N-ethyl adjacent to an activating group) is 1. The molecule has 0 aliphatic rings. The summed E-state index contributed by atoms with van der Waals surface area (Å²) in [5, 5.41) is 3.14. The van der Waals surface area contributed by atoms with E-state index in [1.165, 1.54) is 23.1 Å². The maximum atomic E-state index is 13.3. The minimum Gasteiger partial charge on any atom is -0.355 e. The number of carbonyl (C=O) groups is 2. The molecule has 174 valence electrons. The quantitative estimate of drug-likeness (QED) is 0.570. The zero-order valence-electron chi connectivity index (χ0n) is 18.4. The highest BCUT2D eigenvalue weighted by Crippen LogP contribution is 2.28. The lowest BCUT2D eigenvalue weighted by molar-refractivity contribution is -0.139. The molecule has 2 rings (SSSR count). The van der Waals surface area contributed by atoms with Gasteiger partial charge in [-0.15, -0.1) is 0 Å². The van der Waals surface area contributed by atoms with E-state index in [2.05, 4.69) is 5.32 Å². The molecule has 2 aromatic carbocycles. The number of amides is 2. The molecule has 0 unspecified atom stereocenters. The Balaban J connectivity index is 2.40. The average molecular weight is 500 g/mol. The number of nitrogens with zero attached hydrogens (tertiary/aromatic N) is 2. The van der Waals surface area contributed by atoms with Crippen LogP contribution >= 0.6 is 23.2 Å². The molecule has 10 heteroatoms. The Morgan fingerprint density at radius 2 is 1.78 bits per heavy atom. The van der Waals surface area contributed by atoms with Gasteiger partial charge in [0.15, 0.2) is 0 Å². The summed E-state index contributed by atoms with van der Waals surface area (Å²) in [6, 6.07) is 11.1.